The number of carbonyl (C=O) groups excluding carboxylic acids is 1. The van der Waals surface area contributed by atoms with Crippen molar-refractivity contribution in [3.8, 4) is 0 Å². The summed E-state index contributed by atoms with van der Waals surface area (Å²) in [7, 11) is 1.57. The van der Waals surface area contributed by atoms with Crippen LogP contribution < -0.4 is 10.6 Å². The molecule has 1 aromatic heterocycles. The van der Waals surface area contributed by atoms with E-state index < -0.39 is 0 Å². The topological polar surface area (TPSA) is 66.9 Å². The molecular formula is C11H18N4OS. The molecule has 0 saturated heterocycles. The molecule has 1 aromatic rings. The van der Waals surface area contributed by atoms with Gasteiger partial charge < -0.3 is 10.6 Å². The van der Waals surface area contributed by atoms with Crippen LogP contribution in [-0.4, -0.2) is 41.2 Å². The van der Waals surface area contributed by atoms with Gasteiger partial charge in [-0.2, -0.15) is 11.8 Å². The Labute approximate surface area is 106 Å². The van der Waals surface area contributed by atoms with Crippen molar-refractivity contribution >= 4 is 23.5 Å². The van der Waals surface area contributed by atoms with E-state index in [4.69, 9.17) is 0 Å². The molecule has 0 aliphatic carbocycles. The highest BCUT2D eigenvalue weighted by Gasteiger charge is 2.05. The van der Waals surface area contributed by atoms with Gasteiger partial charge in [0.2, 0.25) is 0 Å². The van der Waals surface area contributed by atoms with Crippen molar-refractivity contribution < 1.29 is 4.79 Å². The number of carbonyl (C=O) groups is 1. The normalized spacial score (nSPS) is 11.9. The smallest absolute Gasteiger partial charge is 0.271 e. The number of nitrogens with one attached hydrogen (secondary N) is 2. The van der Waals surface area contributed by atoms with Crippen LogP contribution in [0, 0.1) is 0 Å². The summed E-state index contributed by atoms with van der Waals surface area (Å²) in [5.74, 6) is 0.478. The summed E-state index contributed by atoms with van der Waals surface area (Å²) in [6.07, 6.45) is 3.17. The Morgan fingerprint density at radius 3 is 2.76 bits per heavy atom. The Kier molecular flexibility index (Phi) is 5.76. The van der Waals surface area contributed by atoms with E-state index >= 15 is 0 Å². The molecule has 1 heterocycles. The van der Waals surface area contributed by atoms with Crippen LogP contribution in [0.2, 0.25) is 0 Å². The zero-order valence-corrected chi connectivity index (χ0v) is 11.2. The molecule has 0 saturated carbocycles. The summed E-state index contributed by atoms with van der Waals surface area (Å²) >= 11 is 1.84. The second-order valence-electron chi connectivity index (χ2n) is 3.64. The number of thioether (sulfide) groups is 1. The molecule has 0 spiro atoms. The first-order valence-electron chi connectivity index (χ1n) is 5.50. The molecule has 6 heteroatoms. The van der Waals surface area contributed by atoms with Crippen molar-refractivity contribution in [2.75, 3.05) is 25.2 Å². The molecule has 0 bridgehead atoms. The fourth-order valence-corrected chi connectivity index (χ4v) is 1.55. The first-order chi connectivity index (χ1) is 8.17. The number of nitrogens with zero attached hydrogens (tertiary/aromatic N) is 2. The first kappa shape index (κ1) is 13.8. The molecule has 94 valence electrons. The summed E-state index contributed by atoms with van der Waals surface area (Å²) in [4.78, 5) is 11.2. The Balaban J connectivity index is 2.43. The number of rotatable bonds is 6. The van der Waals surface area contributed by atoms with E-state index in [-0.39, 0.29) is 5.91 Å². The number of amides is 1. The van der Waals surface area contributed by atoms with Gasteiger partial charge >= 0.3 is 0 Å². The van der Waals surface area contributed by atoms with Gasteiger partial charge in [-0.1, -0.05) is 6.92 Å². The average molecular weight is 254 g/mol. The molecule has 0 fully saturated rings. The zero-order chi connectivity index (χ0) is 12.7. The van der Waals surface area contributed by atoms with E-state index in [2.05, 4.69) is 34.0 Å². The van der Waals surface area contributed by atoms with Gasteiger partial charge in [-0.15, -0.1) is 10.2 Å². The Morgan fingerprint density at radius 2 is 2.24 bits per heavy atom. The van der Waals surface area contributed by atoms with Crippen molar-refractivity contribution in [1.82, 2.24) is 15.5 Å². The largest absolute Gasteiger partial charge is 0.369 e. The third-order valence-electron chi connectivity index (χ3n) is 2.38. The standard InChI is InChI=1S/C11H18N4OS/c1-8(17-3)6-7-13-10-5-4-9(14-15-10)11(16)12-2/h4-5,8H,6-7H2,1-3H3,(H,12,16)(H,13,15). The number of hydrogen-bond donors (Lipinski definition) is 2. The molecular weight excluding hydrogens is 236 g/mol. The van der Waals surface area contributed by atoms with E-state index in [0.717, 1.165) is 13.0 Å². The molecule has 0 aromatic carbocycles. The summed E-state index contributed by atoms with van der Waals surface area (Å²) in [5.41, 5.74) is 0.329. The van der Waals surface area contributed by atoms with Gasteiger partial charge in [-0.05, 0) is 24.8 Å². The second kappa shape index (κ2) is 7.11. The van der Waals surface area contributed by atoms with E-state index in [0.29, 0.717) is 16.8 Å². The third-order valence-corrected chi connectivity index (χ3v) is 3.42. The van der Waals surface area contributed by atoms with Gasteiger partial charge in [0, 0.05) is 18.8 Å². The minimum absolute atomic E-state index is 0.222. The minimum atomic E-state index is -0.222. The molecule has 5 nitrogen and oxygen atoms in total. The van der Waals surface area contributed by atoms with Gasteiger partial charge in [0.25, 0.3) is 5.91 Å². The number of hydrogen-bond acceptors (Lipinski definition) is 5. The average Bonchev–Trinajstić information content (AvgIpc) is 2.38. The lowest BCUT2D eigenvalue weighted by molar-refractivity contribution is 0.0957. The maximum Gasteiger partial charge on any atom is 0.271 e. The Bertz CT molecular complexity index is 355. The lowest BCUT2D eigenvalue weighted by Gasteiger charge is -2.09. The van der Waals surface area contributed by atoms with Crippen molar-refractivity contribution in [2.45, 2.75) is 18.6 Å². The quantitative estimate of drug-likeness (QED) is 0.803. The lowest BCUT2D eigenvalue weighted by atomic mass is 10.3. The van der Waals surface area contributed by atoms with Gasteiger partial charge in [0.1, 0.15) is 5.82 Å². The van der Waals surface area contributed by atoms with Crippen molar-refractivity contribution in [2.24, 2.45) is 0 Å². The predicted octanol–water partition coefficient (Wildman–Crippen LogP) is 1.39. The summed E-state index contributed by atoms with van der Waals surface area (Å²) < 4.78 is 0. The maximum atomic E-state index is 11.2. The van der Waals surface area contributed by atoms with Crippen LogP contribution in [0.15, 0.2) is 12.1 Å². The Hall–Kier alpha value is -1.30. The van der Waals surface area contributed by atoms with Crippen LogP contribution >= 0.6 is 11.8 Å². The summed E-state index contributed by atoms with van der Waals surface area (Å²) in [6.45, 7) is 3.04. The van der Waals surface area contributed by atoms with Gasteiger partial charge in [-0.25, -0.2) is 0 Å². The van der Waals surface area contributed by atoms with Crippen molar-refractivity contribution in [1.29, 1.82) is 0 Å². The molecule has 2 N–H and O–H groups in total. The molecule has 0 aliphatic rings. The highest BCUT2D eigenvalue weighted by atomic mass is 32.2. The molecule has 0 aliphatic heterocycles. The van der Waals surface area contributed by atoms with Crippen molar-refractivity contribution in [3.63, 3.8) is 0 Å². The molecule has 1 atom stereocenters. The molecule has 17 heavy (non-hydrogen) atoms. The van der Waals surface area contributed by atoms with E-state index in [1.165, 1.54) is 0 Å². The maximum absolute atomic E-state index is 11.2. The predicted molar refractivity (Wildman–Crippen MR) is 71.5 cm³/mol. The van der Waals surface area contributed by atoms with Crippen LogP contribution in [0.25, 0.3) is 0 Å². The van der Waals surface area contributed by atoms with E-state index in [9.17, 15) is 4.79 Å². The van der Waals surface area contributed by atoms with E-state index in [1.807, 2.05) is 11.8 Å². The van der Waals surface area contributed by atoms with Gasteiger partial charge in [-0.3, -0.25) is 4.79 Å². The third kappa shape index (κ3) is 4.60. The second-order valence-corrected chi connectivity index (χ2v) is 4.92. The molecule has 1 amide bonds. The minimum Gasteiger partial charge on any atom is -0.369 e. The zero-order valence-electron chi connectivity index (χ0n) is 10.4. The van der Waals surface area contributed by atoms with Crippen LogP contribution in [0.1, 0.15) is 23.8 Å². The number of aromatic nitrogens is 2. The van der Waals surface area contributed by atoms with Crippen molar-refractivity contribution in [3.05, 3.63) is 17.8 Å². The monoisotopic (exact) mass is 254 g/mol. The molecule has 0 radical (unpaired) electrons. The first-order valence-corrected chi connectivity index (χ1v) is 6.78. The van der Waals surface area contributed by atoms with Crippen LogP contribution in [0.4, 0.5) is 5.82 Å². The molecule has 1 unspecified atom stereocenters. The van der Waals surface area contributed by atoms with Crippen LogP contribution in [-0.2, 0) is 0 Å². The number of anilines is 1. The fourth-order valence-electron chi connectivity index (χ4n) is 1.20. The SMILES string of the molecule is CNC(=O)c1ccc(NCCC(C)SC)nn1. The van der Waals surface area contributed by atoms with Gasteiger partial charge in [0.15, 0.2) is 5.69 Å². The van der Waals surface area contributed by atoms with Crippen LogP contribution in [0.5, 0.6) is 0 Å². The lowest BCUT2D eigenvalue weighted by Crippen LogP contribution is -2.20. The van der Waals surface area contributed by atoms with Crippen LogP contribution in [0.3, 0.4) is 0 Å². The highest BCUT2D eigenvalue weighted by molar-refractivity contribution is 7.99. The Morgan fingerprint density at radius 1 is 1.47 bits per heavy atom. The van der Waals surface area contributed by atoms with Gasteiger partial charge in [0.05, 0.1) is 0 Å². The summed E-state index contributed by atoms with van der Waals surface area (Å²) in [6, 6.07) is 3.42. The fraction of sp³-hybridized carbons (Fsp3) is 0.545. The van der Waals surface area contributed by atoms with E-state index in [1.54, 1.807) is 19.2 Å². The molecule has 1 rings (SSSR count). The highest BCUT2D eigenvalue weighted by Crippen LogP contribution is 2.09. The summed E-state index contributed by atoms with van der Waals surface area (Å²) in [5, 5.41) is 14.1.